The van der Waals surface area contributed by atoms with Gasteiger partial charge in [-0.2, -0.15) is 0 Å². The van der Waals surface area contributed by atoms with Gasteiger partial charge in [0.25, 0.3) is 5.91 Å². The number of carbonyl (C=O) groups excluding carboxylic acids is 1. The third-order valence-electron chi connectivity index (χ3n) is 3.38. The van der Waals surface area contributed by atoms with E-state index >= 15 is 0 Å². The molecule has 4 N–H and O–H groups in total. The number of hydrogen-bond acceptors (Lipinski definition) is 4. The molecule has 1 aromatic rings. The highest BCUT2D eigenvalue weighted by molar-refractivity contribution is 5.99. The van der Waals surface area contributed by atoms with Crippen LogP contribution in [0.25, 0.3) is 0 Å². The number of aromatic nitrogens is 1. The normalized spacial score (nSPS) is 24.1. The van der Waals surface area contributed by atoms with E-state index in [9.17, 15) is 4.79 Å². The topological polar surface area (TPSA) is 85.2 Å². The molecule has 5 nitrogen and oxygen atoms in total. The zero-order valence-corrected chi connectivity index (χ0v) is 10.9. The molecule has 1 aliphatic heterocycles. The second-order valence-corrected chi connectivity index (χ2v) is 5.20. The largest absolute Gasteiger partial charge is 0.365 e. The standard InChI is InChI=1S/C13H20N4O/c1-8-5-10(14)7-17(6-8)13-11(12(15)18)9(2)3-4-16-13/h3-4,8,10H,5-7,14H2,1-2H3,(H2,15,18). The fourth-order valence-corrected chi connectivity index (χ4v) is 2.66. The number of nitrogens with zero attached hydrogens (tertiary/aromatic N) is 2. The van der Waals surface area contributed by atoms with Gasteiger partial charge in [-0.3, -0.25) is 4.79 Å². The Balaban J connectivity index is 2.38. The first-order valence-electron chi connectivity index (χ1n) is 6.25. The molecular weight excluding hydrogens is 228 g/mol. The van der Waals surface area contributed by atoms with Crippen molar-refractivity contribution in [3.63, 3.8) is 0 Å². The van der Waals surface area contributed by atoms with Crippen LogP contribution in [0.15, 0.2) is 12.3 Å². The third-order valence-corrected chi connectivity index (χ3v) is 3.38. The SMILES string of the molecule is Cc1ccnc(N2CC(C)CC(N)C2)c1C(N)=O. The molecule has 1 saturated heterocycles. The molecule has 1 fully saturated rings. The number of rotatable bonds is 2. The Bertz CT molecular complexity index is 450. The van der Waals surface area contributed by atoms with E-state index < -0.39 is 5.91 Å². The van der Waals surface area contributed by atoms with E-state index in [-0.39, 0.29) is 6.04 Å². The van der Waals surface area contributed by atoms with Crippen LogP contribution in [0.2, 0.25) is 0 Å². The highest BCUT2D eigenvalue weighted by Gasteiger charge is 2.26. The molecule has 0 aromatic carbocycles. The monoisotopic (exact) mass is 248 g/mol. The maximum Gasteiger partial charge on any atom is 0.252 e. The van der Waals surface area contributed by atoms with Gasteiger partial charge in [-0.25, -0.2) is 4.98 Å². The molecule has 0 spiro atoms. The van der Waals surface area contributed by atoms with Crippen LogP contribution < -0.4 is 16.4 Å². The molecule has 5 heteroatoms. The first-order chi connectivity index (χ1) is 8.49. The first-order valence-corrected chi connectivity index (χ1v) is 6.25. The van der Waals surface area contributed by atoms with Gasteiger partial charge >= 0.3 is 0 Å². The Morgan fingerprint density at radius 2 is 2.22 bits per heavy atom. The number of carbonyl (C=O) groups is 1. The molecule has 0 bridgehead atoms. The molecule has 1 amide bonds. The van der Waals surface area contributed by atoms with Gasteiger partial charge in [0.15, 0.2) is 0 Å². The van der Waals surface area contributed by atoms with Gasteiger partial charge in [0.2, 0.25) is 0 Å². The molecule has 0 aliphatic carbocycles. The van der Waals surface area contributed by atoms with Gasteiger partial charge in [0.05, 0.1) is 5.56 Å². The zero-order chi connectivity index (χ0) is 13.3. The Labute approximate surface area is 107 Å². The van der Waals surface area contributed by atoms with Crippen molar-refractivity contribution >= 4 is 11.7 Å². The lowest BCUT2D eigenvalue weighted by atomic mass is 9.96. The Hall–Kier alpha value is -1.62. The summed E-state index contributed by atoms with van der Waals surface area (Å²) in [5.41, 5.74) is 12.9. The van der Waals surface area contributed by atoms with Crippen LogP contribution in [-0.4, -0.2) is 30.0 Å². The second kappa shape index (κ2) is 4.94. The summed E-state index contributed by atoms with van der Waals surface area (Å²) in [5.74, 6) is 0.740. The minimum atomic E-state index is -0.428. The van der Waals surface area contributed by atoms with Crippen LogP contribution in [0.3, 0.4) is 0 Å². The summed E-state index contributed by atoms with van der Waals surface area (Å²) >= 11 is 0. The maximum atomic E-state index is 11.6. The molecule has 2 rings (SSSR count). The lowest BCUT2D eigenvalue weighted by Gasteiger charge is -2.36. The number of primary amides is 1. The summed E-state index contributed by atoms with van der Waals surface area (Å²) in [6.45, 7) is 5.62. The van der Waals surface area contributed by atoms with Gasteiger partial charge in [-0.15, -0.1) is 0 Å². The van der Waals surface area contributed by atoms with Crippen LogP contribution in [-0.2, 0) is 0 Å². The first kappa shape index (κ1) is 12.8. The maximum absolute atomic E-state index is 11.6. The molecule has 18 heavy (non-hydrogen) atoms. The third kappa shape index (κ3) is 2.46. The molecule has 0 radical (unpaired) electrons. The smallest absolute Gasteiger partial charge is 0.252 e. The summed E-state index contributed by atoms with van der Waals surface area (Å²) in [7, 11) is 0. The van der Waals surface area contributed by atoms with Gasteiger partial charge < -0.3 is 16.4 Å². The van der Waals surface area contributed by atoms with Crippen molar-refractivity contribution in [1.29, 1.82) is 0 Å². The quantitative estimate of drug-likeness (QED) is 0.805. The number of amides is 1. The van der Waals surface area contributed by atoms with Gasteiger partial charge in [0.1, 0.15) is 5.82 Å². The fraction of sp³-hybridized carbons (Fsp3) is 0.538. The highest BCUT2D eigenvalue weighted by Crippen LogP contribution is 2.25. The van der Waals surface area contributed by atoms with Crippen molar-refractivity contribution < 1.29 is 4.79 Å². The van der Waals surface area contributed by atoms with Crippen molar-refractivity contribution in [2.75, 3.05) is 18.0 Å². The number of aryl methyl sites for hydroxylation is 1. The average molecular weight is 248 g/mol. The lowest BCUT2D eigenvalue weighted by molar-refractivity contribution is 0.0999. The molecule has 0 saturated carbocycles. The van der Waals surface area contributed by atoms with E-state index in [2.05, 4.69) is 16.8 Å². The van der Waals surface area contributed by atoms with E-state index in [4.69, 9.17) is 11.5 Å². The van der Waals surface area contributed by atoms with E-state index in [0.29, 0.717) is 17.3 Å². The molecule has 1 aromatic heterocycles. The fourth-order valence-electron chi connectivity index (χ4n) is 2.66. The van der Waals surface area contributed by atoms with Crippen LogP contribution >= 0.6 is 0 Å². The predicted molar refractivity (Wildman–Crippen MR) is 71.5 cm³/mol. The van der Waals surface area contributed by atoms with Gasteiger partial charge in [0, 0.05) is 25.3 Å². The Morgan fingerprint density at radius 1 is 1.50 bits per heavy atom. The molecular formula is C13H20N4O. The van der Waals surface area contributed by atoms with Crippen molar-refractivity contribution in [2.45, 2.75) is 26.3 Å². The molecule has 2 unspecified atom stereocenters. The van der Waals surface area contributed by atoms with Gasteiger partial charge in [-0.1, -0.05) is 6.92 Å². The summed E-state index contributed by atoms with van der Waals surface area (Å²) in [5, 5.41) is 0. The van der Waals surface area contributed by atoms with Crippen LogP contribution in [0, 0.1) is 12.8 Å². The van der Waals surface area contributed by atoms with E-state index in [1.165, 1.54) is 0 Å². The number of hydrogen-bond donors (Lipinski definition) is 2. The van der Waals surface area contributed by atoms with E-state index in [1.807, 2.05) is 6.92 Å². The second-order valence-electron chi connectivity index (χ2n) is 5.20. The zero-order valence-electron chi connectivity index (χ0n) is 10.9. The van der Waals surface area contributed by atoms with Crippen LogP contribution in [0.5, 0.6) is 0 Å². The number of piperidine rings is 1. The van der Waals surface area contributed by atoms with Crippen LogP contribution in [0.1, 0.15) is 29.3 Å². The number of pyridine rings is 1. The minimum absolute atomic E-state index is 0.122. The molecule has 2 heterocycles. The number of anilines is 1. The van der Waals surface area contributed by atoms with Crippen molar-refractivity contribution in [3.05, 3.63) is 23.4 Å². The lowest BCUT2D eigenvalue weighted by Crippen LogP contribution is -2.47. The minimum Gasteiger partial charge on any atom is -0.365 e. The Kier molecular flexibility index (Phi) is 3.52. The Morgan fingerprint density at radius 3 is 2.83 bits per heavy atom. The van der Waals surface area contributed by atoms with E-state index in [1.54, 1.807) is 12.3 Å². The summed E-state index contributed by atoms with van der Waals surface area (Å²) in [6, 6.07) is 1.92. The van der Waals surface area contributed by atoms with Gasteiger partial charge in [-0.05, 0) is 30.9 Å². The summed E-state index contributed by atoms with van der Waals surface area (Å²) < 4.78 is 0. The molecule has 1 aliphatic rings. The molecule has 98 valence electrons. The summed E-state index contributed by atoms with van der Waals surface area (Å²) in [4.78, 5) is 18.0. The van der Waals surface area contributed by atoms with Crippen LogP contribution in [0.4, 0.5) is 5.82 Å². The highest BCUT2D eigenvalue weighted by atomic mass is 16.1. The predicted octanol–water partition coefficient (Wildman–Crippen LogP) is 0.662. The van der Waals surface area contributed by atoms with Crippen molar-refractivity contribution in [1.82, 2.24) is 4.98 Å². The molecule has 2 atom stereocenters. The van der Waals surface area contributed by atoms with E-state index in [0.717, 1.165) is 25.1 Å². The number of nitrogens with two attached hydrogens (primary N) is 2. The summed E-state index contributed by atoms with van der Waals surface area (Å²) in [6.07, 6.45) is 2.72. The van der Waals surface area contributed by atoms with Crippen molar-refractivity contribution in [2.24, 2.45) is 17.4 Å². The average Bonchev–Trinajstić information content (AvgIpc) is 2.26. The van der Waals surface area contributed by atoms with Crippen molar-refractivity contribution in [3.8, 4) is 0 Å².